The van der Waals surface area contributed by atoms with Gasteiger partial charge in [-0.3, -0.25) is 9.59 Å². The Morgan fingerprint density at radius 2 is 1.36 bits per heavy atom. The van der Waals surface area contributed by atoms with Crippen molar-refractivity contribution in [3.8, 4) is 11.5 Å². The van der Waals surface area contributed by atoms with E-state index in [0.29, 0.717) is 5.75 Å². The van der Waals surface area contributed by atoms with Crippen LogP contribution < -0.4 is 4.74 Å². The summed E-state index contributed by atoms with van der Waals surface area (Å²) in [6.07, 6.45) is 13.9. The molecule has 6 nitrogen and oxygen atoms in total. The summed E-state index contributed by atoms with van der Waals surface area (Å²) in [7, 11) is 0. The summed E-state index contributed by atoms with van der Waals surface area (Å²) in [6.45, 7) is 15.4. The van der Waals surface area contributed by atoms with Crippen molar-refractivity contribution >= 4 is 11.9 Å². The maximum Gasteiger partial charge on any atom is 0.303 e. The third-order valence-electron chi connectivity index (χ3n) is 7.93. The first kappa shape index (κ1) is 34.8. The van der Waals surface area contributed by atoms with Gasteiger partial charge in [0.1, 0.15) is 17.1 Å². The summed E-state index contributed by atoms with van der Waals surface area (Å²) in [5.41, 5.74) is 2.16. The van der Waals surface area contributed by atoms with Crippen molar-refractivity contribution in [1.29, 1.82) is 0 Å². The summed E-state index contributed by atoms with van der Waals surface area (Å²) in [5.74, 6) is 1.74. The molecular formula is C33H56O6. The molecule has 39 heavy (non-hydrogen) atoms. The monoisotopic (exact) mass is 548 g/mol. The van der Waals surface area contributed by atoms with Crippen LogP contribution in [-0.2, 0) is 16.0 Å². The molecule has 1 aliphatic heterocycles. The van der Waals surface area contributed by atoms with Crippen molar-refractivity contribution in [1.82, 2.24) is 0 Å². The van der Waals surface area contributed by atoms with Gasteiger partial charge in [-0.2, -0.15) is 0 Å². The third-order valence-corrected chi connectivity index (χ3v) is 7.93. The fourth-order valence-electron chi connectivity index (χ4n) is 5.50. The predicted molar refractivity (Wildman–Crippen MR) is 159 cm³/mol. The molecule has 6 heteroatoms. The molecule has 1 aliphatic rings. The van der Waals surface area contributed by atoms with Gasteiger partial charge in [-0.25, -0.2) is 0 Å². The number of phenols is 1. The zero-order chi connectivity index (χ0) is 29.6. The number of aliphatic carboxylic acids is 2. The highest BCUT2D eigenvalue weighted by Gasteiger charge is 2.32. The summed E-state index contributed by atoms with van der Waals surface area (Å²) < 4.78 is 6.44. The van der Waals surface area contributed by atoms with Gasteiger partial charge in [-0.1, -0.05) is 79.6 Å². The first-order chi connectivity index (χ1) is 18.2. The maximum absolute atomic E-state index is 10.00. The van der Waals surface area contributed by atoms with E-state index in [4.69, 9.17) is 14.9 Å². The minimum absolute atomic E-state index is 0.0562. The van der Waals surface area contributed by atoms with Crippen molar-refractivity contribution in [3.63, 3.8) is 0 Å². The number of rotatable bonds is 16. The molecule has 0 radical (unpaired) electrons. The Balaban J connectivity index is 0.000000646. The van der Waals surface area contributed by atoms with Crippen molar-refractivity contribution in [2.24, 2.45) is 23.7 Å². The van der Waals surface area contributed by atoms with Crippen molar-refractivity contribution < 1.29 is 29.6 Å². The second kappa shape index (κ2) is 17.5. The topological polar surface area (TPSA) is 104 Å². The number of aryl methyl sites for hydroxylation is 2. The molecule has 0 fully saturated rings. The number of benzene rings is 1. The zero-order valence-electron chi connectivity index (χ0n) is 25.7. The second-order valence-corrected chi connectivity index (χ2v) is 13.0. The molecule has 0 unspecified atom stereocenters. The minimum Gasteiger partial charge on any atom is -0.508 e. The summed E-state index contributed by atoms with van der Waals surface area (Å²) in [5, 5.41) is 26.2. The smallest absolute Gasteiger partial charge is 0.303 e. The fraction of sp³-hybridized carbons (Fsp3) is 0.758. The largest absolute Gasteiger partial charge is 0.508 e. The van der Waals surface area contributed by atoms with Gasteiger partial charge in [0.15, 0.2) is 0 Å². The first-order valence-electron chi connectivity index (χ1n) is 15.2. The highest BCUT2D eigenvalue weighted by atomic mass is 16.5. The van der Waals surface area contributed by atoms with Gasteiger partial charge < -0.3 is 20.1 Å². The first-order valence-corrected chi connectivity index (χ1v) is 15.2. The van der Waals surface area contributed by atoms with Gasteiger partial charge in [-0.15, -0.1) is 0 Å². The summed E-state index contributed by atoms with van der Waals surface area (Å²) in [4.78, 5) is 20.0. The average molecular weight is 549 g/mol. The Morgan fingerprint density at radius 3 is 1.87 bits per heavy atom. The molecule has 1 aromatic carbocycles. The molecule has 0 saturated carbocycles. The predicted octanol–water partition coefficient (Wildman–Crippen LogP) is 8.80. The van der Waals surface area contributed by atoms with E-state index in [9.17, 15) is 14.7 Å². The van der Waals surface area contributed by atoms with Crippen LogP contribution in [0.2, 0.25) is 0 Å². The minimum atomic E-state index is -0.950. The molecule has 1 aromatic rings. The average Bonchev–Trinajstić information content (AvgIpc) is 2.79. The SMILES string of the molecule is CC(CC(=O)O)CC(=O)O.Cc1cc(O)cc2c1O[C@](C)(CCC[C@H](C)CCC[C@H](C)CCCC(C)C)CC2. The number of ether oxygens (including phenoxy) is 1. The van der Waals surface area contributed by atoms with E-state index in [0.717, 1.165) is 53.9 Å². The lowest BCUT2D eigenvalue weighted by Crippen LogP contribution is -2.36. The van der Waals surface area contributed by atoms with Crippen LogP contribution in [0.25, 0.3) is 0 Å². The number of phenolic OH excluding ortho intramolecular Hbond substituents is 1. The number of carboxylic acids is 2. The van der Waals surface area contributed by atoms with Crippen LogP contribution in [0, 0.1) is 30.6 Å². The molecule has 0 saturated heterocycles. The zero-order valence-corrected chi connectivity index (χ0v) is 25.7. The van der Waals surface area contributed by atoms with E-state index >= 15 is 0 Å². The number of hydrogen-bond acceptors (Lipinski definition) is 4. The molecule has 3 atom stereocenters. The molecule has 0 bridgehead atoms. The Kier molecular flexibility index (Phi) is 15.6. The lowest BCUT2D eigenvalue weighted by molar-refractivity contribution is -0.140. The molecule has 224 valence electrons. The van der Waals surface area contributed by atoms with E-state index in [-0.39, 0.29) is 24.4 Å². The standard InChI is InChI=1S/C27H46O2.C6H10O4/c1-20(2)10-7-11-21(3)12-8-13-22(4)14-9-16-27(6)17-15-24-19-25(28)18-23(5)26(24)29-27;1-4(2-5(7)8)3-6(9)10/h18-22,28H,7-17H2,1-6H3;4H,2-3H2,1H3,(H,7,8)(H,9,10)/t21-,22-,27-;/m1./s1. The molecule has 0 spiro atoms. The number of aromatic hydroxyl groups is 1. The van der Waals surface area contributed by atoms with Gasteiger partial charge >= 0.3 is 11.9 Å². The third kappa shape index (κ3) is 15.2. The lowest BCUT2D eigenvalue weighted by Gasteiger charge is -2.37. The number of fused-ring (bicyclic) bond motifs is 1. The van der Waals surface area contributed by atoms with Crippen LogP contribution in [0.15, 0.2) is 12.1 Å². The van der Waals surface area contributed by atoms with Gasteiger partial charge in [0.2, 0.25) is 0 Å². The highest BCUT2D eigenvalue weighted by Crippen LogP contribution is 2.40. The van der Waals surface area contributed by atoms with Crippen LogP contribution in [0.1, 0.15) is 130 Å². The van der Waals surface area contributed by atoms with Crippen LogP contribution in [0.3, 0.4) is 0 Å². The summed E-state index contributed by atoms with van der Waals surface area (Å²) >= 11 is 0. The van der Waals surface area contributed by atoms with Crippen LogP contribution in [0.5, 0.6) is 11.5 Å². The van der Waals surface area contributed by atoms with Crippen LogP contribution in [0.4, 0.5) is 0 Å². The molecule has 0 amide bonds. The van der Waals surface area contributed by atoms with E-state index in [1.807, 2.05) is 19.1 Å². The van der Waals surface area contributed by atoms with Crippen molar-refractivity contribution in [3.05, 3.63) is 23.3 Å². The van der Waals surface area contributed by atoms with Gasteiger partial charge in [-0.05, 0) is 86.5 Å². The maximum atomic E-state index is 10.00. The molecule has 2 rings (SSSR count). The normalized spacial score (nSPS) is 18.1. The number of carbonyl (C=O) groups is 2. The fourth-order valence-corrected chi connectivity index (χ4v) is 5.50. The quantitative estimate of drug-likeness (QED) is 0.191. The number of hydrogen-bond donors (Lipinski definition) is 3. The Hall–Kier alpha value is -2.24. The van der Waals surface area contributed by atoms with Gasteiger partial charge in [0.05, 0.1) is 0 Å². The van der Waals surface area contributed by atoms with E-state index in [2.05, 4.69) is 34.6 Å². The Morgan fingerprint density at radius 1 is 0.846 bits per heavy atom. The Labute approximate surface area is 237 Å². The van der Waals surface area contributed by atoms with Crippen LogP contribution >= 0.6 is 0 Å². The lowest BCUT2D eigenvalue weighted by atomic mass is 9.85. The van der Waals surface area contributed by atoms with Crippen molar-refractivity contribution in [2.75, 3.05) is 0 Å². The molecule has 3 N–H and O–H groups in total. The van der Waals surface area contributed by atoms with Gasteiger partial charge in [0.25, 0.3) is 0 Å². The van der Waals surface area contributed by atoms with Gasteiger partial charge in [0, 0.05) is 12.8 Å². The van der Waals surface area contributed by atoms with E-state index in [1.54, 1.807) is 6.92 Å². The Bertz CT molecular complexity index is 863. The molecule has 0 aliphatic carbocycles. The highest BCUT2D eigenvalue weighted by molar-refractivity contribution is 5.70. The second-order valence-electron chi connectivity index (χ2n) is 13.0. The van der Waals surface area contributed by atoms with Crippen molar-refractivity contribution in [2.45, 2.75) is 138 Å². The molecular weight excluding hydrogens is 492 g/mol. The summed E-state index contributed by atoms with van der Waals surface area (Å²) in [6, 6.07) is 3.68. The molecule has 1 heterocycles. The van der Waals surface area contributed by atoms with Crippen LogP contribution in [-0.4, -0.2) is 32.9 Å². The van der Waals surface area contributed by atoms with E-state index < -0.39 is 11.9 Å². The molecule has 0 aromatic heterocycles. The van der Waals surface area contributed by atoms with E-state index in [1.165, 1.54) is 51.4 Å². The number of carboxylic acid groups (broad SMARTS) is 2.